The fourth-order valence-corrected chi connectivity index (χ4v) is 3.51. The Morgan fingerprint density at radius 3 is 2.60 bits per heavy atom. The van der Waals surface area contributed by atoms with Crippen LogP contribution in [0.3, 0.4) is 0 Å². The summed E-state index contributed by atoms with van der Waals surface area (Å²) >= 11 is 1.32. The maximum Gasteiger partial charge on any atom is 0.405 e. The topological polar surface area (TPSA) is 84.5 Å². The van der Waals surface area contributed by atoms with Gasteiger partial charge in [-0.3, -0.25) is 10.1 Å². The fraction of sp³-hybridized carbons (Fsp3) is 0.533. The third-order valence-electron chi connectivity index (χ3n) is 3.48. The number of amides is 3. The number of ether oxygens (including phenoxy) is 1. The Kier molecular flexibility index (Phi) is 6.40. The molecule has 2 N–H and O–H groups in total. The first-order valence-electron chi connectivity index (χ1n) is 7.68. The Morgan fingerprint density at radius 1 is 1.16 bits per heavy atom. The standard InChI is InChI=1S/C15H17F3N2O4S/c16-15(17,18)8-19-14(23)20-12(21)7-24-13(22)11-6-9-4-2-1-3-5-10(9)25-11/h6H,1-5,7-8H2,(H2,19,20,21,23). The summed E-state index contributed by atoms with van der Waals surface area (Å²) in [5, 5.41) is 3.13. The minimum atomic E-state index is -4.58. The molecule has 0 aromatic carbocycles. The van der Waals surface area contributed by atoms with Crippen LogP contribution in [0.15, 0.2) is 6.07 Å². The van der Waals surface area contributed by atoms with Crippen molar-refractivity contribution in [1.82, 2.24) is 10.6 Å². The molecule has 0 saturated carbocycles. The van der Waals surface area contributed by atoms with Gasteiger partial charge in [0.05, 0.1) is 0 Å². The number of esters is 1. The van der Waals surface area contributed by atoms with E-state index < -0.39 is 37.2 Å². The monoisotopic (exact) mass is 378 g/mol. The molecule has 6 nitrogen and oxygen atoms in total. The van der Waals surface area contributed by atoms with E-state index >= 15 is 0 Å². The van der Waals surface area contributed by atoms with Gasteiger partial charge in [0.1, 0.15) is 11.4 Å². The molecule has 0 unspecified atom stereocenters. The molecule has 0 aliphatic heterocycles. The molecule has 0 spiro atoms. The van der Waals surface area contributed by atoms with Crippen LogP contribution < -0.4 is 10.6 Å². The molecule has 3 amide bonds. The van der Waals surface area contributed by atoms with E-state index in [4.69, 9.17) is 4.74 Å². The largest absolute Gasteiger partial charge is 0.451 e. The molecule has 0 atom stereocenters. The summed E-state index contributed by atoms with van der Waals surface area (Å²) in [5.41, 5.74) is 1.12. The highest BCUT2D eigenvalue weighted by molar-refractivity contribution is 7.14. The molecule has 1 aromatic rings. The van der Waals surface area contributed by atoms with Crippen LogP contribution in [0.2, 0.25) is 0 Å². The highest BCUT2D eigenvalue weighted by Crippen LogP contribution is 2.29. The van der Waals surface area contributed by atoms with Crippen molar-refractivity contribution in [2.75, 3.05) is 13.2 Å². The zero-order chi connectivity index (χ0) is 18.4. The second-order valence-electron chi connectivity index (χ2n) is 5.54. The SMILES string of the molecule is O=C(COC(=O)c1cc2c(s1)CCCCC2)NC(=O)NCC(F)(F)F. The number of halogens is 3. The van der Waals surface area contributed by atoms with Crippen LogP contribution in [0.25, 0.3) is 0 Å². The molecule has 138 valence electrons. The second-order valence-corrected chi connectivity index (χ2v) is 6.68. The molecule has 1 aliphatic carbocycles. The summed E-state index contributed by atoms with van der Waals surface area (Å²) in [4.78, 5) is 36.0. The van der Waals surface area contributed by atoms with Gasteiger partial charge in [-0.05, 0) is 37.3 Å². The van der Waals surface area contributed by atoms with E-state index in [1.165, 1.54) is 16.7 Å². The second kappa shape index (κ2) is 8.32. The van der Waals surface area contributed by atoms with Gasteiger partial charge in [-0.1, -0.05) is 6.42 Å². The quantitative estimate of drug-likeness (QED) is 0.623. The zero-order valence-electron chi connectivity index (χ0n) is 13.2. The van der Waals surface area contributed by atoms with E-state index in [1.807, 2.05) is 0 Å². The van der Waals surface area contributed by atoms with Crippen LogP contribution in [0.1, 0.15) is 39.4 Å². The maximum atomic E-state index is 12.0. The Hall–Kier alpha value is -2.10. The van der Waals surface area contributed by atoms with Gasteiger partial charge in [0.15, 0.2) is 6.61 Å². The van der Waals surface area contributed by atoms with Crippen molar-refractivity contribution >= 4 is 29.2 Å². The van der Waals surface area contributed by atoms with Crippen LogP contribution in [0.4, 0.5) is 18.0 Å². The summed E-state index contributed by atoms with van der Waals surface area (Å²) in [7, 11) is 0. The number of alkyl halides is 3. The number of hydrogen-bond donors (Lipinski definition) is 2. The number of thiophene rings is 1. The van der Waals surface area contributed by atoms with Gasteiger partial charge < -0.3 is 10.1 Å². The Morgan fingerprint density at radius 2 is 1.88 bits per heavy atom. The molecule has 0 radical (unpaired) electrons. The van der Waals surface area contributed by atoms with Crippen LogP contribution in [0.5, 0.6) is 0 Å². The number of urea groups is 1. The first-order valence-corrected chi connectivity index (χ1v) is 8.49. The predicted molar refractivity (Wildman–Crippen MR) is 83.5 cm³/mol. The van der Waals surface area contributed by atoms with Gasteiger partial charge in [0.2, 0.25) is 0 Å². The Labute approximate surface area is 145 Å². The molecular weight excluding hydrogens is 361 g/mol. The lowest BCUT2D eigenvalue weighted by atomic mass is 10.1. The molecule has 0 bridgehead atoms. The number of imide groups is 1. The molecule has 0 saturated heterocycles. The van der Waals surface area contributed by atoms with Crippen molar-refractivity contribution in [3.63, 3.8) is 0 Å². The Bertz CT molecular complexity index is 634. The van der Waals surface area contributed by atoms with Crippen molar-refractivity contribution in [2.45, 2.75) is 38.3 Å². The summed E-state index contributed by atoms with van der Waals surface area (Å²) in [6.45, 7) is -2.31. The van der Waals surface area contributed by atoms with Crippen LogP contribution in [-0.2, 0) is 22.4 Å². The van der Waals surface area contributed by atoms with Crippen molar-refractivity contribution in [3.05, 3.63) is 21.4 Å². The highest BCUT2D eigenvalue weighted by atomic mass is 32.1. The van der Waals surface area contributed by atoms with E-state index in [1.54, 1.807) is 11.4 Å². The van der Waals surface area contributed by atoms with Crippen LogP contribution >= 0.6 is 11.3 Å². The normalized spacial score (nSPS) is 14.2. The Balaban J connectivity index is 1.78. The van der Waals surface area contributed by atoms with Gasteiger partial charge in [-0.15, -0.1) is 11.3 Å². The molecule has 1 heterocycles. The fourth-order valence-electron chi connectivity index (χ4n) is 2.36. The maximum absolute atomic E-state index is 12.0. The van der Waals surface area contributed by atoms with Gasteiger partial charge >= 0.3 is 18.2 Å². The smallest absolute Gasteiger partial charge is 0.405 e. The van der Waals surface area contributed by atoms with E-state index in [2.05, 4.69) is 0 Å². The van der Waals surface area contributed by atoms with E-state index in [0.717, 1.165) is 42.5 Å². The van der Waals surface area contributed by atoms with Crippen LogP contribution in [0, 0.1) is 0 Å². The molecular formula is C15H17F3N2O4S. The predicted octanol–water partition coefficient (Wildman–Crippen LogP) is 2.56. The highest BCUT2D eigenvalue weighted by Gasteiger charge is 2.28. The van der Waals surface area contributed by atoms with Gasteiger partial charge in [-0.2, -0.15) is 13.2 Å². The summed E-state index contributed by atoms with van der Waals surface area (Å²) in [6.07, 6.45) is 0.513. The molecule has 25 heavy (non-hydrogen) atoms. The minimum absolute atomic E-state index is 0.376. The first-order chi connectivity index (χ1) is 11.7. The van der Waals surface area contributed by atoms with Crippen molar-refractivity contribution in [2.24, 2.45) is 0 Å². The lowest BCUT2D eigenvalue weighted by molar-refractivity contribution is -0.125. The van der Waals surface area contributed by atoms with Crippen LogP contribution in [-0.4, -0.2) is 37.2 Å². The third kappa shape index (κ3) is 6.37. The van der Waals surface area contributed by atoms with E-state index in [0.29, 0.717) is 4.88 Å². The van der Waals surface area contributed by atoms with Crippen molar-refractivity contribution < 1.29 is 32.3 Å². The lowest BCUT2D eigenvalue weighted by Gasteiger charge is -2.09. The number of aryl methyl sites for hydroxylation is 2. The first kappa shape index (κ1) is 19.2. The molecule has 0 fully saturated rings. The number of rotatable bonds is 4. The third-order valence-corrected chi connectivity index (χ3v) is 4.70. The average molecular weight is 378 g/mol. The van der Waals surface area contributed by atoms with E-state index in [9.17, 15) is 27.6 Å². The molecule has 2 rings (SSSR count). The van der Waals surface area contributed by atoms with Crippen molar-refractivity contribution in [3.8, 4) is 0 Å². The number of fused-ring (bicyclic) bond motifs is 1. The molecule has 1 aliphatic rings. The lowest BCUT2D eigenvalue weighted by Crippen LogP contribution is -2.44. The van der Waals surface area contributed by atoms with Crippen molar-refractivity contribution in [1.29, 1.82) is 0 Å². The van der Waals surface area contributed by atoms with Gasteiger partial charge in [0.25, 0.3) is 5.91 Å². The summed E-state index contributed by atoms with van der Waals surface area (Å²) in [5.74, 6) is -1.70. The number of carbonyl (C=O) groups is 3. The summed E-state index contributed by atoms with van der Waals surface area (Å²) in [6, 6.07) is 0.447. The number of nitrogens with one attached hydrogen (secondary N) is 2. The van der Waals surface area contributed by atoms with Gasteiger partial charge in [-0.25, -0.2) is 9.59 Å². The molecule has 1 aromatic heterocycles. The summed E-state index contributed by atoms with van der Waals surface area (Å²) < 4.78 is 40.6. The number of hydrogen-bond acceptors (Lipinski definition) is 5. The number of carbonyl (C=O) groups excluding carboxylic acids is 3. The zero-order valence-corrected chi connectivity index (χ0v) is 14.0. The average Bonchev–Trinajstić information content (AvgIpc) is 2.81. The van der Waals surface area contributed by atoms with E-state index in [-0.39, 0.29) is 0 Å². The van der Waals surface area contributed by atoms with Gasteiger partial charge in [0, 0.05) is 4.88 Å². The minimum Gasteiger partial charge on any atom is -0.451 e. The molecule has 10 heteroatoms.